The van der Waals surface area contributed by atoms with Gasteiger partial charge in [-0.1, -0.05) is 42.1 Å². The van der Waals surface area contributed by atoms with Gasteiger partial charge in [-0.2, -0.15) is 5.10 Å². The lowest BCUT2D eigenvalue weighted by Gasteiger charge is -2.10. The van der Waals surface area contributed by atoms with Gasteiger partial charge in [0.05, 0.1) is 26.0 Å². The van der Waals surface area contributed by atoms with Crippen LogP contribution in [0.1, 0.15) is 21.5 Å². The van der Waals surface area contributed by atoms with Crippen molar-refractivity contribution in [1.82, 2.24) is 0 Å². The van der Waals surface area contributed by atoms with Crippen molar-refractivity contribution in [3.05, 3.63) is 89.5 Å². The maximum absolute atomic E-state index is 12.4. The van der Waals surface area contributed by atoms with Crippen molar-refractivity contribution in [2.24, 2.45) is 15.9 Å². The number of hydrogen-bond acceptors (Lipinski definition) is 7. The van der Waals surface area contributed by atoms with Crippen LogP contribution in [0.4, 0.5) is 0 Å². The number of carbonyl (C=O) groups is 1. The second-order valence-electron chi connectivity index (χ2n) is 6.49. The number of methoxy groups -OCH3 is 2. The van der Waals surface area contributed by atoms with Gasteiger partial charge in [0.15, 0.2) is 16.7 Å². The van der Waals surface area contributed by atoms with E-state index in [0.717, 1.165) is 11.1 Å². The fraction of sp³-hybridized carbons (Fsp3) is 0.125. The minimum Gasteiger partial charge on any atom is -0.497 e. The fourth-order valence-corrected chi connectivity index (χ4v) is 3.26. The van der Waals surface area contributed by atoms with Gasteiger partial charge in [-0.3, -0.25) is 0 Å². The standard InChI is InChI=1S/C24H23N3O4S/c1-29-20-11-9-19(10-12-20)23(28)31-21-13-8-18(14-22(21)30-2)15-26-27-24(25)32-16-17-6-4-3-5-7-17/h3-15H,16H2,1-2H3,(H2,25,27). The number of benzene rings is 3. The van der Waals surface area contributed by atoms with E-state index in [4.69, 9.17) is 19.9 Å². The topological polar surface area (TPSA) is 95.5 Å². The third-order valence-corrected chi connectivity index (χ3v) is 5.16. The summed E-state index contributed by atoms with van der Waals surface area (Å²) in [4.78, 5) is 12.4. The zero-order chi connectivity index (χ0) is 22.8. The lowest BCUT2D eigenvalue weighted by molar-refractivity contribution is 0.0729. The molecule has 0 aliphatic rings. The van der Waals surface area contributed by atoms with Crippen LogP contribution in [-0.2, 0) is 5.75 Å². The fourth-order valence-electron chi connectivity index (χ4n) is 2.65. The number of hydrogen-bond donors (Lipinski definition) is 1. The summed E-state index contributed by atoms with van der Waals surface area (Å²) >= 11 is 1.41. The molecule has 2 N–H and O–H groups in total. The molecule has 0 unspecified atom stereocenters. The molecule has 7 nitrogen and oxygen atoms in total. The van der Waals surface area contributed by atoms with Crippen LogP contribution in [0.15, 0.2) is 83.0 Å². The first kappa shape index (κ1) is 22.9. The lowest BCUT2D eigenvalue weighted by atomic mass is 10.2. The molecule has 0 amide bonds. The number of amidine groups is 1. The van der Waals surface area contributed by atoms with Crippen molar-refractivity contribution in [2.75, 3.05) is 14.2 Å². The monoisotopic (exact) mass is 449 g/mol. The van der Waals surface area contributed by atoms with Gasteiger partial charge < -0.3 is 19.9 Å². The van der Waals surface area contributed by atoms with E-state index in [1.54, 1.807) is 55.8 Å². The van der Waals surface area contributed by atoms with Crippen molar-refractivity contribution < 1.29 is 19.0 Å². The maximum atomic E-state index is 12.4. The number of rotatable bonds is 8. The molecule has 8 heteroatoms. The summed E-state index contributed by atoms with van der Waals surface area (Å²) in [7, 11) is 3.06. The van der Waals surface area contributed by atoms with Gasteiger partial charge in [0.2, 0.25) is 0 Å². The highest BCUT2D eigenvalue weighted by atomic mass is 32.2. The van der Waals surface area contributed by atoms with Crippen molar-refractivity contribution in [3.63, 3.8) is 0 Å². The van der Waals surface area contributed by atoms with E-state index >= 15 is 0 Å². The summed E-state index contributed by atoms with van der Waals surface area (Å²) in [5.41, 5.74) is 8.18. The number of carbonyl (C=O) groups excluding carboxylic acids is 1. The minimum absolute atomic E-state index is 0.298. The summed E-state index contributed by atoms with van der Waals surface area (Å²) in [6.07, 6.45) is 1.55. The van der Waals surface area contributed by atoms with E-state index in [2.05, 4.69) is 10.2 Å². The van der Waals surface area contributed by atoms with Crippen molar-refractivity contribution in [3.8, 4) is 17.2 Å². The Labute approximate surface area is 190 Å². The van der Waals surface area contributed by atoms with Gasteiger partial charge in [0.1, 0.15) is 5.75 Å². The molecule has 0 heterocycles. The number of esters is 1. The Morgan fingerprint density at radius 1 is 0.969 bits per heavy atom. The van der Waals surface area contributed by atoms with Crippen LogP contribution in [0.3, 0.4) is 0 Å². The molecule has 0 saturated heterocycles. The molecular formula is C24H23N3O4S. The molecular weight excluding hydrogens is 426 g/mol. The summed E-state index contributed by atoms with van der Waals surface area (Å²) in [5.74, 6) is 1.57. The van der Waals surface area contributed by atoms with E-state index in [9.17, 15) is 4.79 Å². The Balaban J connectivity index is 1.61. The van der Waals surface area contributed by atoms with E-state index in [1.807, 2.05) is 30.3 Å². The van der Waals surface area contributed by atoms with Crippen LogP contribution >= 0.6 is 11.8 Å². The normalized spacial score (nSPS) is 11.4. The maximum Gasteiger partial charge on any atom is 0.343 e. The molecule has 0 fully saturated rings. The van der Waals surface area contributed by atoms with E-state index in [-0.39, 0.29) is 0 Å². The quantitative estimate of drug-likeness (QED) is 0.179. The summed E-state index contributed by atoms with van der Waals surface area (Å²) in [6.45, 7) is 0. The van der Waals surface area contributed by atoms with E-state index in [0.29, 0.717) is 33.7 Å². The van der Waals surface area contributed by atoms with Crippen LogP contribution in [0.5, 0.6) is 17.2 Å². The highest BCUT2D eigenvalue weighted by molar-refractivity contribution is 8.13. The Morgan fingerprint density at radius 2 is 1.72 bits per heavy atom. The highest BCUT2D eigenvalue weighted by Crippen LogP contribution is 2.28. The number of ether oxygens (including phenoxy) is 3. The first-order chi connectivity index (χ1) is 15.6. The van der Waals surface area contributed by atoms with Gasteiger partial charge in [-0.25, -0.2) is 4.79 Å². The van der Waals surface area contributed by atoms with Crippen LogP contribution in [-0.4, -0.2) is 31.6 Å². The molecule has 3 rings (SSSR count). The predicted octanol–water partition coefficient (Wildman–Crippen LogP) is 4.51. The zero-order valence-corrected chi connectivity index (χ0v) is 18.5. The third kappa shape index (κ3) is 6.61. The molecule has 0 spiro atoms. The van der Waals surface area contributed by atoms with Gasteiger partial charge in [0.25, 0.3) is 0 Å². The second-order valence-corrected chi connectivity index (χ2v) is 7.48. The molecule has 3 aromatic rings. The molecule has 0 bridgehead atoms. The Morgan fingerprint density at radius 3 is 2.41 bits per heavy atom. The SMILES string of the molecule is COc1ccc(C(=O)Oc2ccc(C=NN=C(N)SCc3ccccc3)cc2OC)cc1. The van der Waals surface area contributed by atoms with Crippen molar-refractivity contribution >= 4 is 29.1 Å². The van der Waals surface area contributed by atoms with E-state index < -0.39 is 5.97 Å². The molecule has 0 saturated carbocycles. The van der Waals surface area contributed by atoms with Crippen LogP contribution in [0.25, 0.3) is 0 Å². The first-order valence-electron chi connectivity index (χ1n) is 9.66. The van der Waals surface area contributed by atoms with Gasteiger partial charge in [-0.05, 0) is 53.6 Å². The van der Waals surface area contributed by atoms with Crippen LogP contribution in [0, 0.1) is 0 Å². The smallest absolute Gasteiger partial charge is 0.343 e. The molecule has 0 aliphatic heterocycles. The molecule has 0 radical (unpaired) electrons. The lowest BCUT2D eigenvalue weighted by Crippen LogP contribution is -2.09. The molecule has 32 heavy (non-hydrogen) atoms. The van der Waals surface area contributed by atoms with Crippen molar-refractivity contribution in [2.45, 2.75) is 5.75 Å². The minimum atomic E-state index is -0.500. The zero-order valence-electron chi connectivity index (χ0n) is 17.7. The van der Waals surface area contributed by atoms with Crippen LogP contribution in [0.2, 0.25) is 0 Å². The number of nitrogens with zero attached hydrogens (tertiary/aromatic N) is 2. The number of thioether (sulfide) groups is 1. The highest BCUT2D eigenvalue weighted by Gasteiger charge is 2.13. The summed E-state index contributed by atoms with van der Waals surface area (Å²) in [5, 5.41) is 8.39. The number of nitrogens with two attached hydrogens (primary N) is 1. The Kier molecular flexibility index (Phi) is 8.28. The predicted molar refractivity (Wildman–Crippen MR) is 128 cm³/mol. The van der Waals surface area contributed by atoms with Gasteiger partial charge in [-0.15, -0.1) is 5.10 Å². The molecule has 0 aliphatic carbocycles. The molecule has 0 aromatic heterocycles. The summed E-state index contributed by atoms with van der Waals surface area (Å²) in [6, 6.07) is 21.7. The Bertz CT molecular complexity index is 1100. The van der Waals surface area contributed by atoms with Gasteiger partial charge in [0, 0.05) is 5.75 Å². The Hall–Kier alpha value is -3.78. The van der Waals surface area contributed by atoms with E-state index in [1.165, 1.54) is 18.9 Å². The second kappa shape index (κ2) is 11.6. The van der Waals surface area contributed by atoms with Crippen LogP contribution < -0.4 is 19.9 Å². The van der Waals surface area contributed by atoms with Gasteiger partial charge >= 0.3 is 5.97 Å². The average molecular weight is 450 g/mol. The van der Waals surface area contributed by atoms with Crippen molar-refractivity contribution in [1.29, 1.82) is 0 Å². The first-order valence-corrected chi connectivity index (χ1v) is 10.6. The summed E-state index contributed by atoms with van der Waals surface area (Å²) < 4.78 is 15.9. The largest absolute Gasteiger partial charge is 0.497 e. The molecule has 3 aromatic carbocycles. The molecule has 164 valence electrons. The third-order valence-electron chi connectivity index (χ3n) is 4.31. The molecule has 0 atom stereocenters. The average Bonchev–Trinajstić information content (AvgIpc) is 2.84.